The molecule has 352 valence electrons. The topological polar surface area (TPSA) is 163 Å². The molecule has 61 heavy (non-hydrogen) atoms. The van der Waals surface area contributed by atoms with Gasteiger partial charge in [-0.3, -0.25) is 4.79 Å². The number of aliphatic hydroxyl groups is 2. The summed E-state index contributed by atoms with van der Waals surface area (Å²) in [5.41, 5.74) is 3.09. The van der Waals surface area contributed by atoms with E-state index in [1.165, 1.54) is 14.0 Å². The molecule has 3 N–H and O–H groups in total. The Morgan fingerprint density at radius 3 is 1.98 bits per heavy atom. The van der Waals surface area contributed by atoms with Crippen molar-refractivity contribution >= 4 is 20.4 Å². The second-order valence-electron chi connectivity index (χ2n) is 19.0. The van der Waals surface area contributed by atoms with Crippen LogP contribution in [0.5, 0.6) is 0 Å². The molecule has 0 radical (unpaired) electrons. The summed E-state index contributed by atoms with van der Waals surface area (Å²) in [6.07, 6.45) is -6.02. The predicted octanol–water partition coefficient (Wildman–Crippen LogP) is 8.56. The van der Waals surface area contributed by atoms with Crippen LogP contribution in [0.1, 0.15) is 124 Å². The molecule has 2 aliphatic heterocycles. The van der Waals surface area contributed by atoms with Gasteiger partial charge in [-0.05, 0) is 110 Å². The highest BCUT2D eigenvalue weighted by Crippen LogP contribution is 2.47. The minimum absolute atomic E-state index is 0.154. The van der Waals surface area contributed by atoms with Crippen LogP contribution in [0.2, 0.25) is 18.1 Å². The summed E-state index contributed by atoms with van der Waals surface area (Å²) in [7, 11) is 2.55. The van der Waals surface area contributed by atoms with E-state index in [4.69, 9.17) is 32.8 Å². The number of aryl methyl sites for hydroxylation is 3. The summed E-state index contributed by atoms with van der Waals surface area (Å²) in [5.74, 6) is -3.63. The monoisotopic (exact) mass is 882 g/mol. The first-order valence-electron chi connectivity index (χ1n) is 22.8. The Morgan fingerprint density at radius 1 is 0.934 bits per heavy atom. The second-order valence-corrected chi connectivity index (χ2v) is 23.7. The molecule has 0 aromatic heterocycles. The highest BCUT2D eigenvalue weighted by atomic mass is 28.4. The van der Waals surface area contributed by atoms with E-state index in [-0.39, 0.29) is 42.1 Å². The van der Waals surface area contributed by atoms with E-state index >= 15 is 0 Å². The molecule has 2 aliphatic rings. The number of rotatable bonds is 21. The van der Waals surface area contributed by atoms with Crippen molar-refractivity contribution in [2.45, 2.75) is 201 Å². The number of carboxylic acid groups (broad SMARTS) is 1. The molecule has 0 aliphatic carbocycles. The number of likely N-dealkylation sites (N-methyl/N-ethyl adjacent to an activating group) is 1. The van der Waals surface area contributed by atoms with Crippen LogP contribution in [0.4, 0.5) is 4.79 Å². The minimum atomic E-state index is -2.51. The van der Waals surface area contributed by atoms with Crippen molar-refractivity contribution in [3.05, 3.63) is 34.4 Å². The third-order valence-corrected chi connectivity index (χ3v) is 19.0. The average molecular weight is 882 g/mol. The van der Waals surface area contributed by atoms with E-state index < -0.39 is 74.9 Å². The SMILES string of the molecule is CC[C@@H](O)[C@H](C)[C@@H]1O[C@H](c2c(C)cc(C)cc2C)O[C@@H]([C@H](C)C[C@@](C)(O[Si](CC)(CC)CC)[C@H](O[C@@H]2O[C@H](C)C[C@H](N(C)C)[C@H]2OC(=O)OC)[C@@H](C)[C@H](O)[C@@H](C)C(=O)O)[C@@H]1C. The van der Waals surface area contributed by atoms with Crippen LogP contribution in [0, 0.1) is 50.4 Å². The number of nitrogens with zero attached hydrogens (tertiary/aromatic N) is 1. The quantitative estimate of drug-likeness (QED) is 0.0796. The maximum absolute atomic E-state index is 12.8. The zero-order chi connectivity index (χ0) is 46.3. The molecule has 0 unspecified atom stereocenters. The number of methoxy groups -OCH3 is 1. The molecule has 1 aromatic carbocycles. The van der Waals surface area contributed by atoms with Gasteiger partial charge in [-0.15, -0.1) is 0 Å². The summed E-state index contributed by atoms with van der Waals surface area (Å²) < 4.78 is 46.2. The van der Waals surface area contributed by atoms with Gasteiger partial charge in [0.1, 0.15) is 0 Å². The number of carboxylic acids is 1. The lowest BCUT2D eigenvalue weighted by atomic mass is 9.74. The van der Waals surface area contributed by atoms with Gasteiger partial charge >= 0.3 is 12.1 Å². The molecule has 13 nitrogen and oxygen atoms in total. The zero-order valence-corrected chi connectivity index (χ0v) is 41.5. The van der Waals surface area contributed by atoms with Gasteiger partial charge in [-0.25, -0.2) is 4.79 Å². The summed E-state index contributed by atoms with van der Waals surface area (Å²) >= 11 is 0. The van der Waals surface area contributed by atoms with Gasteiger partial charge < -0.3 is 53.1 Å². The normalized spacial score (nSPS) is 29.4. The van der Waals surface area contributed by atoms with E-state index in [0.717, 1.165) is 40.4 Å². The molecule has 3 rings (SSSR count). The smallest absolute Gasteiger partial charge is 0.481 e. The molecule has 2 saturated heterocycles. The largest absolute Gasteiger partial charge is 0.508 e. The van der Waals surface area contributed by atoms with Crippen molar-refractivity contribution in [2.24, 2.45) is 29.6 Å². The van der Waals surface area contributed by atoms with Crippen molar-refractivity contribution in [2.75, 3.05) is 21.2 Å². The maximum Gasteiger partial charge on any atom is 0.508 e. The van der Waals surface area contributed by atoms with Gasteiger partial charge in [0.15, 0.2) is 27.0 Å². The summed E-state index contributed by atoms with van der Waals surface area (Å²) in [4.78, 5) is 27.2. The van der Waals surface area contributed by atoms with Crippen molar-refractivity contribution in [3.8, 4) is 0 Å². The minimum Gasteiger partial charge on any atom is -0.481 e. The molecule has 0 bridgehead atoms. The highest BCUT2D eigenvalue weighted by molar-refractivity contribution is 6.73. The van der Waals surface area contributed by atoms with Crippen LogP contribution in [-0.4, -0.2) is 123 Å². The molecular weight excluding hydrogens is 799 g/mol. The molecule has 2 fully saturated rings. The standard InChI is InChI=1S/C47H83NO12Si/c1-18-36(49)31(10)40-34(13)39(56-44(57-40)37-27(6)22-26(5)23-28(37)7)29(8)25-47(14,60-61(19-2,20-3)21-4)42(32(11)38(50)33(12)43(51)52)59-45-41(58-46(53)54-17)35(48(15)16)24-30(9)55-45/h22-23,29-36,38-42,44-45,49-50H,18-21,24-25H2,1-17H3,(H,51,52)/t29-,30-,31+,32+,33-,34+,35+,36-,38+,39+,40+,41-,42-,44-,45+,47-/m1/s1. The number of hydrogen-bond acceptors (Lipinski definition) is 12. The fraction of sp³-hybridized carbons (Fsp3) is 0.830. The Kier molecular flexibility index (Phi) is 19.8. The van der Waals surface area contributed by atoms with Crippen LogP contribution >= 0.6 is 0 Å². The molecule has 0 spiro atoms. The molecule has 2 heterocycles. The molecule has 14 heteroatoms. The first kappa shape index (κ1) is 53.2. The van der Waals surface area contributed by atoms with Crippen LogP contribution < -0.4 is 0 Å². The summed E-state index contributed by atoms with van der Waals surface area (Å²) in [6, 6.07) is 6.42. The van der Waals surface area contributed by atoms with Crippen LogP contribution in [-0.2, 0) is 37.6 Å². The van der Waals surface area contributed by atoms with Gasteiger partial charge in [-0.2, -0.15) is 0 Å². The molecule has 0 saturated carbocycles. The zero-order valence-electron chi connectivity index (χ0n) is 40.5. The molecule has 0 amide bonds. The predicted molar refractivity (Wildman–Crippen MR) is 239 cm³/mol. The maximum atomic E-state index is 12.8. The Labute approximate surface area is 368 Å². The van der Waals surface area contributed by atoms with Crippen LogP contribution in [0.3, 0.4) is 0 Å². The van der Waals surface area contributed by atoms with E-state index in [0.29, 0.717) is 19.3 Å². The van der Waals surface area contributed by atoms with E-state index in [2.05, 4.69) is 67.5 Å². The number of carbonyl (C=O) groups excluding carboxylic acids is 1. The van der Waals surface area contributed by atoms with Crippen molar-refractivity contribution in [1.82, 2.24) is 4.90 Å². The second kappa shape index (κ2) is 22.7. The lowest BCUT2D eigenvalue weighted by Gasteiger charge is -2.52. The van der Waals surface area contributed by atoms with Crippen molar-refractivity contribution in [1.29, 1.82) is 0 Å². The van der Waals surface area contributed by atoms with Gasteiger partial charge in [0.25, 0.3) is 0 Å². The molecule has 1 aromatic rings. The summed E-state index contributed by atoms with van der Waals surface area (Å²) in [6.45, 7) is 28.2. The van der Waals surface area contributed by atoms with Crippen molar-refractivity contribution < 1.29 is 57.8 Å². The van der Waals surface area contributed by atoms with Gasteiger partial charge in [0.2, 0.25) is 0 Å². The third-order valence-electron chi connectivity index (χ3n) is 14.2. The number of ether oxygens (including phenoxy) is 6. The molecular formula is C47H83NO12Si. The number of aliphatic hydroxyl groups excluding tert-OH is 2. The Hall–Kier alpha value is -2.14. The Morgan fingerprint density at radius 2 is 1.49 bits per heavy atom. The third kappa shape index (κ3) is 12.6. The first-order valence-corrected chi connectivity index (χ1v) is 25.4. The lowest BCUT2D eigenvalue weighted by molar-refractivity contribution is -0.307. The van der Waals surface area contributed by atoms with Gasteiger partial charge in [0, 0.05) is 23.3 Å². The lowest BCUT2D eigenvalue weighted by Crippen LogP contribution is -2.62. The first-order chi connectivity index (χ1) is 28.4. The van der Waals surface area contributed by atoms with Crippen LogP contribution in [0.15, 0.2) is 12.1 Å². The highest BCUT2D eigenvalue weighted by Gasteiger charge is 2.54. The van der Waals surface area contributed by atoms with E-state index in [1.54, 1.807) is 6.92 Å². The number of hydrogen-bond donors (Lipinski definition) is 3. The Balaban J connectivity index is 2.30. The van der Waals surface area contributed by atoms with Crippen LogP contribution in [0.25, 0.3) is 0 Å². The fourth-order valence-electron chi connectivity index (χ4n) is 10.4. The summed E-state index contributed by atoms with van der Waals surface area (Å²) in [5, 5.41) is 33.3. The number of aliphatic carboxylic acids is 1. The molecule has 16 atom stereocenters. The fourth-order valence-corrected chi connectivity index (χ4v) is 13.5. The van der Waals surface area contributed by atoms with Gasteiger partial charge in [-0.1, -0.05) is 73.1 Å². The van der Waals surface area contributed by atoms with E-state index in [1.807, 2.05) is 46.7 Å². The van der Waals surface area contributed by atoms with E-state index in [9.17, 15) is 24.9 Å². The number of carbonyl (C=O) groups is 2. The Bertz CT molecular complexity index is 1530. The number of benzene rings is 1. The average Bonchev–Trinajstić information content (AvgIpc) is 3.20. The van der Waals surface area contributed by atoms with Gasteiger partial charge in [0.05, 0.1) is 61.3 Å². The van der Waals surface area contributed by atoms with Crippen molar-refractivity contribution in [3.63, 3.8) is 0 Å².